The van der Waals surface area contributed by atoms with E-state index >= 15 is 0 Å². The Kier molecular flexibility index (Phi) is 3.90. The highest BCUT2D eigenvalue weighted by Crippen LogP contribution is 2.33. The number of benzene rings is 3. The van der Waals surface area contributed by atoms with E-state index in [0.717, 1.165) is 32.3 Å². The lowest BCUT2D eigenvalue weighted by atomic mass is 10.1. The number of thiazole rings is 1. The van der Waals surface area contributed by atoms with Gasteiger partial charge in [0.15, 0.2) is 16.6 Å². The summed E-state index contributed by atoms with van der Waals surface area (Å²) < 4.78 is 12.2. The first-order valence-electron chi connectivity index (χ1n) is 8.73. The van der Waals surface area contributed by atoms with Crippen molar-refractivity contribution in [1.82, 2.24) is 4.98 Å². The Morgan fingerprint density at radius 2 is 1.89 bits per heavy atom. The second-order valence-corrected chi connectivity index (χ2v) is 7.39. The minimum atomic E-state index is -0.102. The second-order valence-electron chi connectivity index (χ2n) is 6.36. The van der Waals surface area contributed by atoms with Crippen LogP contribution in [0.2, 0.25) is 0 Å². The normalized spacial score (nSPS) is 13.0. The lowest BCUT2D eigenvalue weighted by Crippen LogP contribution is -2.17. The van der Waals surface area contributed by atoms with Gasteiger partial charge in [0.25, 0.3) is 0 Å². The molecule has 1 amide bonds. The number of amides is 1. The fourth-order valence-corrected chi connectivity index (χ4v) is 4.16. The van der Waals surface area contributed by atoms with Crippen LogP contribution in [0, 0.1) is 0 Å². The third-order valence-electron chi connectivity index (χ3n) is 4.50. The smallest absolute Gasteiger partial charge is 0.230 e. The van der Waals surface area contributed by atoms with E-state index in [9.17, 15) is 4.79 Å². The SMILES string of the molecule is O=C(Cc1ccc2c(c1)OCCO2)Nc1nc2c(ccc3ccccc32)s1. The van der Waals surface area contributed by atoms with E-state index in [2.05, 4.69) is 28.5 Å². The molecule has 0 bridgehead atoms. The average molecular weight is 376 g/mol. The molecule has 0 aliphatic carbocycles. The van der Waals surface area contributed by atoms with Crippen molar-refractivity contribution in [3.8, 4) is 11.5 Å². The third-order valence-corrected chi connectivity index (χ3v) is 5.44. The zero-order chi connectivity index (χ0) is 18.2. The fraction of sp³-hybridized carbons (Fsp3) is 0.143. The highest BCUT2D eigenvalue weighted by atomic mass is 32.1. The molecule has 5 rings (SSSR count). The number of nitrogens with zero attached hydrogens (tertiary/aromatic N) is 1. The van der Waals surface area contributed by atoms with Crippen molar-refractivity contribution in [2.45, 2.75) is 6.42 Å². The van der Waals surface area contributed by atoms with Crippen LogP contribution in [0.5, 0.6) is 11.5 Å². The minimum absolute atomic E-state index is 0.102. The van der Waals surface area contributed by atoms with Crippen LogP contribution in [0.4, 0.5) is 5.13 Å². The fourth-order valence-electron chi connectivity index (χ4n) is 3.26. The summed E-state index contributed by atoms with van der Waals surface area (Å²) in [5.74, 6) is 1.32. The highest BCUT2D eigenvalue weighted by Gasteiger charge is 2.14. The van der Waals surface area contributed by atoms with E-state index in [1.165, 1.54) is 11.3 Å². The number of nitrogens with one attached hydrogen (secondary N) is 1. The Bertz CT molecular complexity index is 1170. The Balaban J connectivity index is 1.37. The molecule has 4 aromatic rings. The van der Waals surface area contributed by atoms with Gasteiger partial charge in [-0.3, -0.25) is 4.79 Å². The van der Waals surface area contributed by atoms with Gasteiger partial charge in [-0.05, 0) is 29.1 Å². The van der Waals surface area contributed by atoms with Crippen molar-refractivity contribution in [3.63, 3.8) is 0 Å². The van der Waals surface area contributed by atoms with Gasteiger partial charge in [-0.2, -0.15) is 0 Å². The average Bonchev–Trinajstić information content (AvgIpc) is 3.10. The van der Waals surface area contributed by atoms with Crippen molar-refractivity contribution in [3.05, 3.63) is 60.2 Å². The Labute approximate surface area is 159 Å². The molecule has 3 aromatic carbocycles. The molecule has 134 valence electrons. The van der Waals surface area contributed by atoms with Crippen LogP contribution in [-0.4, -0.2) is 24.1 Å². The Morgan fingerprint density at radius 1 is 1.04 bits per heavy atom. The van der Waals surface area contributed by atoms with Gasteiger partial charge in [0.1, 0.15) is 13.2 Å². The molecule has 0 saturated carbocycles. The van der Waals surface area contributed by atoms with Crippen LogP contribution in [-0.2, 0) is 11.2 Å². The third kappa shape index (κ3) is 3.08. The van der Waals surface area contributed by atoms with Gasteiger partial charge in [0.2, 0.25) is 5.91 Å². The van der Waals surface area contributed by atoms with Crippen LogP contribution >= 0.6 is 11.3 Å². The topological polar surface area (TPSA) is 60.5 Å². The first-order valence-corrected chi connectivity index (χ1v) is 9.54. The zero-order valence-corrected chi connectivity index (χ0v) is 15.2. The summed E-state index contributed by atoms with van der Waals surface area (Å²) in [4.78, 5) is 17.1. The number of hydrogen-bond donors (Lipinski definition) is 1. The molecule has 27 heavy (non-hydrogen) atoms. The first kappa shape index (κ1) is 16.1. The molecule has 0 saturated heterocycles. The maximum Gasteiger partial charge on any atom is 0.230 e. The summed E-state index contributed by atoms with van der Waals surface area (Å²) in [6.45, 7) is 1.08. The van der Waals surface area contributed by atoms with Crippen molar-refractivity contribution in [2.24, 2.45) is 0 Å². The largest absolute Gasteiger partial charge is 0.486 e. The molecule has 6 heteroatoms. The summed E-state index contributed by atoms with van der Waals surface area (Å²) in [7, 11) is 0. The summed E-state index contributed by atoms with van der Waals surface area (Å²) >= 11 is 1.49. The van der Waals surface area contributed by atoms with E-state index in [-0.39, 0.29) is 12.3 Å². The monoisotopic (exact) mass is 376 g/mol. The van der Waals surface area contributed by atoms with Crippen LogP contribution in [0.1, 0.15) is 5.56 Å². The molecule has 0 fully saturated rings. The van der Waals surface area contributed by atoms with Crippen molar-refractivity contribution < 1.29 is 14.3 Å². The predicted molar refractivity (Wildman–Crippen MR) is 107 cm³/mol. The van der Waals surface area contributed by atoms with Gasteiger partial charge < -0.3 is 14.8 Å². The Morgan fingerprint density at radius 3 is 2.81 bits per heavy atom. The standard InChI is InChI=1S/C21H16N2O3S/c24-19(12-13-5-7-16-17(11-13)26-10-9-25-16)22-21-23-20-15-4-2-1-3-14(15)6-8-18(20)27-21/h1-8,11H,9-10,12H2,(H,22,23,24). The molecule has 0 radical (unpaired) electrons. The summed E-state index contributed by atoms with van der Waals surface area (Å²) in [6, 6.07) is 17.9. The summed E-state index contributed by atoms with van der Waals surface area (Å²) in [5.41, 5.74) is 1.80. The lowest BCUT2D eigenvalue weighted by Gasteiger charge is -2.18. The van der Waals surface area contributed by atoms with Gasteiger partial charge in [-0.15, -0.1) is 0 Å². The lowest BCUT2D eigenvalue weighted by molar-refractivity contribution is -0.115. The minimum Gasteiger partial charge on any atom is -0.486 e. The number of rotatable bonds is 3. The van der Waals surface area contributed by atoms with Gasteiger partial charge in [0.05, 0.1) is 16.6 Å². The van der Waals surface area contributed by atoms with Crippen LogP contribution < -0.4 is 14.8 Å². The Hall–Kier alpha value is -3.12. The molecular weight excluding hydrogens is 360 g/mol. The van der Waals surface area contributed by atoms with E-state index in [0.29, 0.717) is 24.1 Å². The van der Waals surface area contributed by atoms with Gasteiger partial charge in [-0.1, -0.05) is 47.7 Å². The number of fused-ring (bicyclic) bond motifs is 4. The summed E-state index contributed by atoms with van der Waals surface area (Å²) in [5, 5.41) is 5.77. The molecule has 1 aliphatic heterocycles. The van der Waals surface area contributed by atoms with Crippen molar-refractivity contribution in [1.29, 1.82) is 0 Å². The quantitative estimate of drug-likeness (QED) is 0.576. The molecule has 0 atom stereocenters. The van der Waals surface area contributed by atoms with Crippen molar-refractivity contribution in [2.75, 3.05) is 18.5 Å². The maximum absolute atomic E-state index is 12.5. The van der Waals surface area contributed by atoms with E-state index < -0.39 is 0 Å². The van der Waals surface area contributed by atoms with Crippen LogP contribution in [0.3, 0.4) is 0 Å². The highest BCUT2D eigenvalue weighted by molar-refractivity contribution is 7.22. The van der Waals surface area contributed by atoms with Gasteiger partial charge in [-0.25, -0.2) is 4.98 Å². The number of carbonyl (C=O) groups is 1. The number of ether oxygens (including phenoxy) is 2. The van der Waals surface area contributed by atoms with Gasteiger partial charge >= 0.3 is 0 Å². The zero-order valence-electron chi connectivity index (χ0n) is 14.4. The van der Waals surface area contributed by atoms with E-state index in [1.54, 1.807) is 0 Å². The number of carbonyl (C=O) groups excluding carboxylic acids is 1. The van der Waals surface area contributed by atoms with Gasteiger partial charge in [0, 0.05) is 5.39 Å². The molecule has 2 heterocycles. The predicted octanol–water partition coefficient (Wildman–Crippen LogP) is 4.40. The summed E-state index contributed by atoms with van der Waals surface area (Å²) in [6.07, 6.45) is 0.257. The molecular formula is C21H16N2O3S. The van der Waals surface area contributed by atoms with E-state index in [1.807, 2.05) is 36.4 Å². The van der Waals surface area contributed by atoms with E-state index in [4.69, 9.17) is 9.47 Å². The molecule has 1 N–H and O–H groups in total. The first-order chi connectivity index (χ1) is 13.3. The molecule has 5 nitrogen and oxygen atoms in total. The van der Waals surface area contributed by atoms with Crippen LogP contribution in [0.15, 0.2) is 54.6 Å². The molecule has 0 unspecified atom stereocenters. The number of anilines is 1. The van der Waals surface area contributed by atoms with Crippen LogP contribution in [0.25, 0.3) is 21.0 Å². The number of hydrogen-bond acceptors (Lipinski definition) is 5. The number of aromatic nitrogens is 1. The maximum atomic E-state index is 12.5. The molecule has 1 aliphatic rings. The molecule has 0 spiro atoms. The molecule has 1 aromatic heterocycles. The second kappa shape index (κ2) is 6.55. The van der Waals surface area contributed by atoms with Crippen molar-refractivity contribution >= 4 is 43.4 Å².